The number of carbonyl (C=O) groups excluding carboxylic acids is 2. The summed E-state index contributed by atoms with van der Waals surface area (Å²) in [5.41, 5.74) is 5.29. The third kappa shape index (κ3) is 8.59. The molecule has 1 fully saturated rings. The minimum Gasteiger partial charge on any atom is -0.406 e. The lowest BCUT2D eigenvalue weighted by Gasteiger charge is -2.22. The minimum absolute atomic E-state index is 0.0915. The number of hydrogen-bond acceptors (Lipinski definition) is 6. The van der Waals surface area contributed by atoms with Crippen LogP contribution in [-0.2, 0) is 4.79 Å². The maximum Gasteiger partial charge on any atom is 0.573 e. The molecule has 0 radical (unpaired) electrons. The number of benzene rings is 3. The van der Waals surface area contributed by atoms with Crippen molar-refractivity contribution in [3.63, 3.8) is 0 Å². The highest BCUT2D eigenvalue weighted by Crippen LogP contribution is 2.34. The lowest BCUT2D eigenvalue weighted by Crippen LogP contribution is -2.32. The summed E-state index contributed by atoms with van der Waals surface area (Å²) in [6.07, 6.45) is -1.68. The van der Waals surface area contributed by atoms with Crippen molar-refractivity contribution in [2.45, 2.75) is 58.7 Å². The SMILES string of the molecule is Cc1ccc(C(C)C)c(N2C(=O)CS/C2=N\C(=O)NCCCC(C)c2ccc(-c3ncn(-c4ccc(OC(F)(F)F)cc4)n3)cc2)c1. The Labute approximate surface area is 275 Å². The summed E-state index contributed by atoms with van der Waals surface area (Å²) in [7, 11) is 0. The summed E-state index contributed by atoms with van der Waals surface area (Å²) in [5.74, 6) is 0.749. The third-order valence-corrected chi connectivity index (χ3v) is 8.59. The molecule has 246 valence electrons. The highest BCUT2D eigenvalue weighted by atomic mass is 32.2. The number of urea groups is 1. The molecule has 3 amide bonds. The number of ether oxygens (including phenoxy) is 1. The first-order valence-corrected chi connectivity index (χ1v) is 16.2. The molecule has 4 aromatic rings. The second-order valence-corrected chi connectivity index (χ2v) is 12.5. The second kappa shape index (κ2) is 14.4. The van der Waals surface area contributed by atoms with Gasteiger partial charge in [0.25, 0.3) is 0 Å². The van der Waals surface area contributed by atoms with E-state index >= 15 is 0 Å². The number of nitrogens with one attached hydrogen (secondary N) is 1. The Morgan fingerprint density at radius 2 is 1.79 bits per heavy atom. The molecular formula is C34H35F3N6O3S. The van der Waals surface area contributed by atoms with Crippen molar-refractivity contribution >= 4 is 34.6 Å². The number of aryl methyl sites for hydroxylation is 1. The smallest absolute Gasteiger partial charge is 0.406 e. The average molecular weight is 665 g/mol. The van der Waals surface area contributed by atoms with Crippen molar-refractivity contribution in [3.05, 3.63) is 89.7 Å². The number of thioether (sulfide) groups is 1. The fourth-order valence-corrected chi connectivity index (χ4v) is 6.05. The van der Waals surface area contributed by atoms with E-state index in [1.54, 1.807) is 4.90 Å². The van der Waals surface area contributed by atoms with Gasteiger partial charge in [-0.1, -0.05) is 68.9 Å². The molecule has 1 atom stereocenters. The molecule has 0 saturated carbocycles. The Morgan fingerprint density at radius 3 is 2.47 bits per heavy atom. The van der Waals surface area contributed by atoms with Gasteiger partial charge in [-0.05, 0) is 78.6 Å². The van der Waals surface area contributed by atoms with Gasteiger partial charge >= 0.3 is 12.4 Å². The van der Waals surface area contributed by atoms with Crippen LogP contribution in [0, 0.1) is 6.92 Å². The summed E-state index contributed by atoms with van der Waals surface area (Å²) in [4.78, 5) is 35.6. The standard InChI is InChI=1S/C34H35F3N6O3S/c1-21(2)28-16-7-22(3)18-29(28)43-30(44)19-47-33(43)40-32(45)38-17-5-6-23(4)24-8-10-25(11-9-24)31-39-20-42(41-31)26-12-14-27(15-13-26)46-34(35,36)37/h7-16,18,20-21,23H,5-6,17,19H2,1-4H3,(H,38,45)/b40-33-. The van der Waals surface area contributed by atoms with Crippen molar-refractivity contribution in [2.75, 3.05) is 17.2 Å². The number of anilines is 1. The van der Waals surface area contributed by atoms with E-state index in [0.717, 1.165) is 40.8 Å². The quantitative estimate of drug-likeness (QED) is 0.173. The van der Waals surface area contributed by atoms with E-state index in [4.69, 9.17) is 0 Å². The molecule has 1 saturated heterocycles. The monoisotopic (exact) mass is 664 g/mol. The average Bonchev–Trinajstić information content (AvgIpc) is 3.66. The Balaban J connectivity index is 1.12. The molecule has 1 aliphatic rings. The maximum absolute atomic E-state index is 12.8. The van der Waals surface area contributed by atoms with Crippen molar-refractivity contribution < 1.29 is 27.5 Å². The predicted molar refractivity (Wildman–Crippen MR) is 177 cm³/mol. The molecule has 1 unspecified atom stereocenters. The lowest BCUT2D eigenvalue weighted by molar-refractivity contribution is -0.274. The number of nitrogens with zero attached hydrogens (tertiary/aromatic N) is 5. The van der Waals surface area contributed by atoms with Gasteiger partial charge in [-0.15, -0.1) is 18.3 Å². The minimum atomic E-state index is -4.75. The molecule has 1 N–H and O–H groups in total. The van der Waals surface area contributed by atoms with Crippen LogP contribution in [0.1, 0.15) is 62.1 Å². The number of carbonyl (C=O) groups is 2. The van der Waals surface area contributed by atoms with E-state index in [1.807, 2.05) is 49.4 Å². The Hall–Kier alpha value is -4.65. The molecule has 13 heteroatoms. The number of aliphatic imine (C=N–C) groups is 1. The van der Waals surface area contributed by atoms with E-state index < -0.39 is 12.4 Å². The summed E-state index contributed by atoms with van der Waals surface area (Å²) >= 11 is 1.27. The Morgan fingerprint density at radius 1 is 1.06 bits per heavy atom. The van der Waals surface area contributed by atoms with Gasteiger partial charge in [0, 0.05) is 12.1 Å². The molecule has 2 heterocycles. The Kier molecular flexibility index (Phi) is 10.3. The predicted octanol–water partition coefficient (Wildman–Crippen LogP) is 7.99. The normalized spacial score (nSPS) is 15.0. The van der Waals surface area contributed by atoms with E-state index in [2.05, 4.69) is 45.9 Å². The maximum atomic E-state index is 12.8. The fourth-order valence-electron chi connectivity index (χ4n) is 5.19. The van der Waals surface area contributed by atoms with Crippen LogP contribution >= 0.6 is 11.8 Å². The van der Waals surface area contributed by atoms with Gasteiger partial charge in [0.15, 0.2) is 11.0 Å². The summed E-state index contributed by atoms with van der Waals surface area (Å²) in [5, 5.41) is 7.70. The van der Waals surface area contributed by atoms with Crippen LogP contribution in [0.3, 0.4) is 0 Å². The summed E-state index contributed by atoms with van der Waals surface area (Å²) in [6, 6.07) is 18.8. The van der Waals surface area contributed by atoms with Gasteiger partial charge in [0.05, 0.1) is 17.1 Å². The molecule has 0 spiro atoms. The van der Waals surface area contributed by atoms with E-state index in [1.165, 1.54) is 47.0 Å². The van der Waals surface area contributed by atoms with Gasteiger partial charge in [0.1, 0.15) is 12.1 Å². The molecule has 0 aliphatic carbocycles. The topological polar surface area (TPSA) is 102 Å². The van der Waals surface area contributed by atoms with Gasteiger partial charge in [-0.3, -0.25) is 9.69 Å². The van der Waals surface area contributed by atoms with Crippen molar-refractivity contribution in [1.82, 2.24) is 20.1 Å². The summed E-state index contributed by atoms with van der Waals surface area (Å²) in [6.45, 7) is 8.68. The third-order valence-electron chi connectivity index (χ3n) is 7.67. The summed E-state index contributed by atoms with van der Waals surface area (Å²) < 4.78 is 42.7. The number of aromatic nitrogens is 3. The molecular weight excluding hydrogens is 629 g/mol. The Bertz CT molecular complexity index is 1750. The number of alkyl halides is 3. The number of amides is 3. The zero-order valence-electron chi connectivity index (χ0n) is 26.4. The van der Waals surface area contributed by atoms with E-state index in [9.17, 15) is 22.8 Å². The van der Waals surface area contributed by atoms with Crippen LogP contribution in [0.4, 0.5) is 23.7 Å². The van der Waals surface area contributed by atoms with E-state index in [0.29, 0.717) is 23.2 Å². The molecule has 1 aliphatic heterocycles. The highest BCUT2D eigenvalue weighted by Gasteiger charge is 2.33. The molecule has 3 aromatic carbocycles. The number of rotatable bonds is 10. The fraction of sp³-hybridized carbons (Fsp3) is 0.324. The van der Waals surface area contributed by atoms with Crippen LogP contribution in [0.5, 0.6) is 5.75 Å². The molecule has 47 heavy (non-hydrogen) atoms. The van der Waals surface area contributed by atoms with Gasteiger partial charge in [0.2, 0.25) is 5.91 Å². The zero-order chi connectivity index (χ0) is 33.7. The lowest BCUT2D eigenvalue weighted by atomic mass is 9.95. The van der Waals surface area contributed by atoms with Crippen molar-refractivity contribution in [1.29, 1.82) is 0 Å². The first-order valence-electron chi connectivity index (χ1n) is 15.2. The van der Waals surface area contributed by atoms with E-state index in [-0.39, 0.29) is 29.2 Å². The van der Waals surface area contributed by atoms with Crippen LogP contribution in [0.25, 0.3) is 17.1 Å². The number of hydrogen-bond donors (Lipinski definition) is 1. The highest BCUT2D eigenvalue weighted by molar-refractivity contribution is 8.15. The largest absolute Gasteiger partial charge is 0.573 e. The molecule has 0 bridgehead atoms. The molecule has 9 nitrogen and oxygen atoms in total. The first-order chi connectivity index (χ1) is 22.4. The second-order valence-electron chi connectivity index (χ2n) is 11.6. The van der Waals surface area contributed by atoms with Crippen LogP contribution in [0.2, 0.25) is 0 Å². The van der Waals surface area contributed by atoms with Crippen LogP contribution < -0.4 is 15.0 Å². The zero-order valence-corrected chi connectivity index (χ0v) is 27.2. The molecule has 5 rings (SSSR count). The van der Waals surface area contributed by atoms with Crippen LogP contribution in [-0.4, -0.2) is 50.5 Å². The first kappa shape index (κ1) is 33.7. The van der Waals surface area contributed by atoms with Crippen LogP contribution in [0.15, 0.2) is 78.0 Å². The van der Waals surface area contributed by atoms with Crippen molar-refractivity contribution in [3.8, 4) is 22.8 Å². The van der Waals surface area contributed by atoms with Gasteiger partial charge in [-0.2, -0.15) is 4.99 Å². The number of halogens is 3. The molecule has 1 aromatic heterocycles. The van der Waals surface area contributed by atoms with Gasteiger partial charge in [-0.25, -0.2) is 14.5 Å². The van der Waals surface area contributed by atoms with Crippen molar-refractivity contribution in [2.24, 2.45) is 4.99 Å². The van der Waals surface area contributed by atoms with Gasteiger partial charge < -0.3 is 10.1 Å². The number of amidine groups is 1.